The molecule has 0 amide bonds. The lowest BCUT2D eigenvalue weighted by molar-refractivity contribution is 0.405. The Balaban J connectivity index is -0.000000488. The van der Waals surface area contributed by atoms with Crippen LogP contribution in [0.25, 0.3) is 0 Å². The molecule has 0 spiro atoms. The average molecular weight is 542 g/mol. The van der Waals surface area contributed by atoms with Crippen LogP contribution in [0, 0.1) is 0 Å². The number of rotatable bonds is 24. The second-order valence-electron chi connectivity index (χ2n) is 9.01. The molecule has 6 heteroatoms. The van der Waals surface area contributed by atoms with Gasteiger partial charge in [-0.05, 0) is 35.9 Å². The third-order valence-corrected chi connectivity index (χ3v) is 7.66. The number of hydrogen-bond acceptors (Lipinski definition) is 3. The van der Waals surface area contributed by atoms with E-state index in [0.717, 1.165) is 0 Å². The van der Waals surface area contributed by atoms with Crippen LogP contribution in [0.1, 0.15) is 156 Å². The number of hydrogen-bond donors (Lipinski definition) is 2. The standard InChI is InChI=1S/2C14H30S.HO3P/c2*1-3-5-6-7-8-9-10-11-12-13-14-15-4-2;1-4(2)3/h2*3-14H2,1-2H3;(H-,1,2,3)/p+1. The highest BCUT2D eigenvalue weighted by Gasteiger charge is 1.94. The molecule has 0 aliphatic heterocycles. The van der Waals surface area contributed by atoms with E-state index in [1.807, 2.05) is 0 Å². The van der Waals surface area contributed by atoms with Gasteiger partial charge in [-0.15, -0.1) is 9.79 Å². The van der Waals surface area contributed by atoms with Crippen LogP contribution in [-0.4, -0.2) is 32.8 Å². The molecule has 0 aliphatic rings. The summed E-state index contributed by atoms with van der Waals surface area (Å²) in [6.45, 7) is 9.07. The summed E-state index contributed by atoms with van der Waals surface area (Å²) in [6, 6.07) is 0. The predicted octanol–water partition coefficient (Wildman–Crippen LogP) is 10.9. The lowest BCUT2D eigenvalue weighted by atomic mass is 10.1. The van der Waals surface area contributed by atoms with Crippen molar-refractivity contribution >= 4 is 31.8 Å². The van der Waals surface area contributed by atoms with Crippen molar-refractivity contribution in [2.75, 3.05) is 23.0 Å². The Hall–Kier alpha value is 0.720. The summed E-state index contributed by atoms with van der Waals surface area (Å²) < 4.78 is 8.70. The van der Waals surface area contributed by atoms with Gasteiger partial charge in [0, 0.05) is 4.57 Å². The summed E-state index contributed by atoms with van der Waals surface area (Å²) in [5.74, 6) is 5.34. The Bertz CT molecular complexity index is 294. The van der Waals surface area contributed by atoms with Gasteiger partial charge in [-0.2, -0.15) is 23.5 Å². The average Bonchev–Trinajstić information content (AvgIpc) is 2.81. The normalized spacial score (nSPS) is 10.3. The van der Waals surface area contributed by atoms with Crippen molar-refractivity contribution in [3.63, 3.8) is 0 Å². The molecule has 0 heterocycles. The fourth-order valence-corrected chi connectivity index (χ4v) is 5.07. The molecule has 0 radical (unpaired) electrons. The van der Waals surface area contributed by atoms with Crippen LogP contribution < -0.4 is 0 Å². The Labute approximate surface area is 224 Å². The van der Waals surface area contributed by atoms with Crippen molar-refractivity contribution in [3.8, 4) is 0 Å². The zero-order valence-corrected chi connectivity index (χ0v) is 26.1. The van der Waals surface area contributed by atoms with E-state index in [1.165, 1.54) is 151 Å². The van der Waals surface area contributed by atoms with Gasteiger partial charge in [0.2, 0.25) is 0 Å². The quantitative estimate of drug-likeness (QED) is 0.0940. The lowest BCUT2D eigenvalue weighted by Crippen LogP contribution is -1.84. The maximum absolute atomic E-state index is 8.70. The molecule has 0 aromatic rings. The molecule has 208 valence electrons. The molecule has 0 atom stereocenters. The fourth-order valence-electron chi connectivity index (χ4n) is 3.67. The summed E-state index contributed by atoms with van der Waals surface area (Å²) in [7, 11) is -2.87. The van der Waals surface area contributed by atoms with E-state index in [-0.39, 0.29) is 0 Å². The molecule has 0 aliphatic carbocycles. The van der Waals surface area contributed by atoms with Gasteiger partial charge in [-0.3, -0.25) is 0 Å². The van der Waals surface area contributed by atoms with Crippen LogP contribution in [0.5, 0.6) is 0 Å². The van der Waals surface area contributed by atoms with Gasteiger partial charge in [-0.25, -0.2) is 0 Å². The Morgan fingerprint density at radius 2 is 0.647 bits per heavy atom. The fraction of sp³-hybridized carbons (Fsp3) is 1.00. The highest BCUT2D eigenvalue weighted by Crippen LogP contribution is 2.13. The van der Waals surface area contributed by atoms with Gasteiger partial charge >= 0.3 is 8.25 Å². The maximum Gasteiger partial charge on any atom is 0.692 e. The third kappa shape index (κ3) is 53.9. The summed E-state index contributed by atoms with van der Waals surface area (Å²) >= 11 is 4.17. The first-order valence-electron chi connectivity index (χ1n) is 14.6. The van der Waals surface area contributed by atoms with Crippen LogP contribution in [0.4, 0.5) is 0 Å². The van der Waals surface area contributed by atoms with Gasteiger partial charge in [0.1, 0.15) is 0 Å². The molecule has 0 fully saturated rings. The minimum Gasteiger partial charge on any atom is -0.162 e. The molecule has 34 heavy (non-hydrogen) atoms. The molecular formula is C28H62O3PS2+. The van der Waals surface area contributed by atoms with E-state index in [4.69, 9.17) is 14.4 Å². The third-order valence-electron chi connectivity index (χ3n) is 5.69. The van der Waals surface area contributed by atoms with Gasteiger partial charge in [0.05, 0.1) is 0 Å². The number of unbranched alkanes of at least 4 members (excludes halogenated alkanes) is 18. The monoisotopic (exact) mass is 541 g/mol. The first kappa shape index (κ1) is 39.2. The largest absolute Gasteiger partial charge is 0.692 e. The molecule has 0 bridgehead atoms. The Morgan fingerprint density at radius 1 is 0.441 bits per heavy atom. The first-order chi connectivity index (χ1) is 16.6. The predicted molar refractivity (Wildman–Crippen MR) is 162 cm³/mol. The van der Waals surface area contributed by atoms with Crippen molar-refractivity contribution in [1.29, 1.82) is 0 Å². The summed E-state index contributed by atoms with van der Waals surface area (Å²) in [5.41, 5.74) is 0. The summed E-state index contributed by atoms with van der Waals surface area (Å²) in [5, 5.41) is 0. The van der Waals surface area contributed by atoms with Crippen LogP contribution >= 0.6 is 31.8 Å². The zero-order chi connectivity index (χ0) is 26.0. The zero-order valence-electron chi connectivity index (χ0n) is 23.5. The van der Waals surface area contributed by atoms with E-state index in [9.17, 15) is 0 Å². The SMILES string of the molecule is CCCCCCCCCCCCSCC.CCCCCCCCCCCCSCC.O=[P+](O)O. The molecular weight excluding hydrogens is 479 g/mol. The van der Waals surface area contributed by atoms with Crippen LogP contribution in [0.2, 0.25) is 0 Å². The highest BCUT2D eigenvalue weighted by molar-refractivity contribution is 7.99. The second-order valence-corrected chi connectivity index (χ2v) is 12.3. The molecule has 0 saturated carbocycles. The first-order valence-corrected chi connectivity index (χ1v) is 18.0. The summed E-state index contributed by atoms with van der Waals surface area (Å²) in [6.07, 6.45) is 29.1. The van der Waals surface area contributed by atoms with E-state index < -0.39 is 8.25 Å². The lowest BCUT2D eigenvalue weighted by Gasteiger charge is -2.01. The summed E-state index contributed by atoms with van der Waals surface area (Å²) in [4.78, 5) is 14.2. The molecule has 0 rings (SSSR count). The van der Waals surface area contributed by atoms with E-state index in [0.29, 0.717) is 0 Å². The smallest absolute Gasteiger partial charge is 0.162 e. The van der Waals surface area contributed by atoms with Gasteiger partial charge in [0.15, 0.2) is 0 Å². The van der Waals surface area contributed by atoms with Crippen LogP contribution in [-0.2, 0) is 4.57 Å². The van der Waals surface area contributed by atoms with Crippen molar-refractivity contribution in [2.45, 2.75) is 156 Å². The van der Waals surface area contributed by atoms with Crippen LogP contribution in [0.3, 0.4) is 0 Å². The number of thioether (sulfide) groups is 2. The molecule has 0 aromatic heterocycles. The van der Waals surface area contributed by atoms with Crippen molar-refractivity contribution in [1.82, 2.24) is 0 Å². The van der Waals surface area contributed by atoms with Gasteiger partial charge < -0.3 is 0 Å². The molecule has 3 nitrogen and oxygen atoms in total. The van der Waals surface area contributed by atoms with E-state index >= 15 is 0 Å². The molecule has 0 unspecified atom stereocenters. The van der Waals surface area contributed by atoms with Gasteiger partial charge in [0.25, 0.3) is 0 Å². The molecule has 0 aromatic carbocycles. The van der Waals surface area contributed by atoms with Crippen molar-refractivity contribution in [3.05, 3.63) is 0 Å². The van der Waals surface area contributed by atoms with E-state index in [2.05, 4.69) is 51.2 Å². The second kappa shape index (κ2) is 40.9. The minimum atomic E-state index is -2.87. The van der Waals surface area contributed by atoms with Crippen molar-refractivity contribution < 1.29 is 14.4 Å². The molecule has 0 saturated heterocycles. The van der Waals surface area contributed by atoms with E-state index in [1.54, 1.807) is 0 Å². The maximum atomic E-state index is 8.70. The molecule has 2 N–H and O–H groups in total. The minimum absolute atomic E-state index is 1.29. The topological polar surface area (TPSA) is 57.5 Å². The van der Waals surface area contributed by atoms with Crippen molar-refractivity contribution in [2.24, 2.45) is 0 Å². The van der Waals surface area contributed by atoms with Gasteiger partial charge in [-0.1, -0.05) is 143 Å². The Morgan fingerprint density at radius 3 is 0.853 bits per heavy atom. The Kier molecular flexibility index (Phi) is 47.2. The van der Waals surface area contributed by atoms with Crippen LogP contribution in [0.15, 0.2) is 0 Å². The highest BCUT2D eigenvalue weighted by atomic mass is 32.2.